The number of benzene rings is 2. The monoisotopic (exact) mass is 383 g/mol. The van der Waals surface area contributed by atoms with Crippen molar-refractivity contribution in [2.75, 3.05) is 42.1 Å². The quantitative estimate of drug-likeness (QED) is 0.776. The van der Waals surface area contributed by atoms with E-state index in [0.717, 1.165) is 42.4 Å². The first-order valence-electron chi connectivity index (χ1n) is 9.26. The Bertz CT molecular complexity index is 757. The molecule has 1 aliphatic rings. The first kappa shape index (κ1) is 19.3. The standard InChI is InChI=1S/C21H25N3O2S/c1-2-21(26)24-14-12-23(13-15-24)18-10-8-17(9-11-18)22-20(25)16-27-19-6-4-3-5-7-19/h3-11H,2,12-16H2,1H3,(H,22,25). The highest BCUT2D eigenvalue weighted by Gasteiger charge is 2.20. The highest BCUT2D eigenvalue weighted by atomic mass is 32.2. The van der Waals surface area contributed by atoms with Crippen LogP contribution in [0.2, 0.25) is 0 Å². The summed E-state index contributed by atoms with van der Waals surface area (Å²) < 4.78 is 0. The van der Waals surface area contributed by atoms with Crippen molar-refractivity contribution in [3.8, 4) is 0 Å². The van der Waals surface area contributed by atoms with Crippen molar-refractivity contribution >= 4 is 35.0 Å². The van der Waals surface area contributed by atoms with Gasteiger partial charge in [-0.3, -0.25) is 9.59 Å². The van der Waals surface area contributed by atoms with Crippen LogP contribution in [0.4, 0.5) is 11.4 Å². The van der Waals surface area contributed by atoms with Crippen LogP contribution in [0.15, 0.2) is 59.5 Å². The van der Waals surface area contributed by atoms with Crippen LogP contribution in [-0.4, -0.2) is 48.6 Å². The SMILES string of the molecule is CCC(=O)N1CCN(c2ccc(NC(=O)CSc3ccccc3)cc2)CC1. The largest absolute Gasteiger partial charge is 0.368 e. The number of carbonyl (C=O) groups is 2. The van der Waals surface area contributed by atoms with E-state index in [1.807, 2.05) is 66.4 Å². The van der Waals surface area contributed by atoms with Gasteiger partial charge in [0, 0.05) is 48.9 Å². The van der Waals surface area contributed by atoms with E-state index in [1.165, 1.54) is 11.8 Å². The van der Waals surface area contributed by atoms with Crippen LogP contribution in [0.25, 0.3) is 0 Å². The second kappa shape index (κ2) is 9.46. The van der Waals surface area contributed by atoms with Crippen molar-refractivity contribution in [2.24, 2.45) is 0 Å². The van der Waals surface area contributed by atoms with Gasteiger partial charge in [0.1, 0.15) is 0 Å². The zero-order chi connectivity index (χ0) is 19.1. The number of nitrogens with one attached hydrogen (secondary N) is 1. The van der Waals surface area contributed by atoms with E-state index in [2.05, 4.69) is 10.2 Å². The number of thioether (sulfide) groups is 1. The predicted molar refractivity (Wildman–Crippen MR) is 111 cm³/mol. The molecule has 1 saturated heterocycles. The van der Waals surface area contributed by atoms with Crippen molar-refractivity contribution in [2.45, 2.75) is 18.2 Å². The summed E-state index contributed by atoms with van der Waals surface area (Å²) in [6.07, 6.45) is 0.566. The van der Waals surface area contributed by atoms with Gasteiger partial charge in [0.15, 0.2) is 0 Å². The third kappa shape index (κ3) is 5.50. The summed E-state index contributed by atoms with van der Waals surface area (Å²) in [6, 6.07) is 17.8. The highest BCUT2D eigenvalue weighted by molar-refractivity contribution is 8.00. The lowest BCUT2D eigenvalue weighted by Gasteiger charge is -2.36. The van der Waals surface area contributed by atoms with Crippen LogP contribution in [0.5, 0.6) is 0 Å². The van der Waals surface area contributed by atoms with E-state index in [9.17, 15) is 9.59 Å². The zero-order valence-electron chi connectivity index (χ0n) is 15.6. The van der Waals surface area contributed by atoms with Crippen molar-refractivity contribution in [1.82, 2.24) is 4.90 Å². The van der Waals surface area contributed by atoms with E-state index in [4.69, 9.17) is 0 Å². The molecule has 0 atom stereocenters. The molecule has 2 aromatic rings. The summed E-state index contributed by atoms with van der Waals surface area (Å²) in [5.74, 6) is 0.600. The van der Waals surface area contributed by atoms with E-state index >= 15 is 0 Å². The van der Waals surface area contributed by atoms with Crippen LogP contribution in [-0.2, 0) is 9.59 Å². The predicted octanol–water partition coefficient (Wildman–Crippen LogP) is 3.48. The number of hydrogen-bond acceptors (Lipinski definition) is 4. The maximum atomic E-state index is 12.1. The average molecular weight is 384 g/mol. The molecular weight excluding hydrogens is 358 g/mol. The molecule has 0 spiro atoms. The van der Waals surface area contributed by atoms with Gasteiger partial charge in [-0.15, -0.1) is 11.8 Å². The first-order chi connectivity index (χ1) is 13.2. The number of hydrogen-bond donors (Lipinski definition) is 1. The van der Waals surface area contributed by atoms with Gasteiger partial charge < -0.3 is 15.1 Å². The van der Waals surface area contributed by atoms with Crippen molar-refractivity contribution in [1.29, 1.82) is 0 Å². The van der Waals surface area contributed by atoms with Crippen LogP contribution >= 0.6 is 11.8 Å². The molecule has 0 aliphatic carbocycles. The fraction of sp³-hybridized carbons (Fsp3) is 0.333. The molecule has 3 rings (SSSR count). The molecule has 1 heterocycles. The Hall–Kier alpha value is -2.47. The van der Waals surface area contributed by atoms with Crippen LogP contribution in [0.3, 0.4) is 0 Å². The topological polar surface area (TPSA) is 52.7 Å². The van der Waals surface area contributed by atoms with Gasteiger partial charge >= 0.3 is 0 Å². The minimum Gasteiger partial charge on any atom is -0.368 e. The van der Waals surface area contributed by atoms with Gasteiger partial charge in [-0.25, -0.2) is 0 Å². The van der Waals surface area contributed by atoms with Gasteiger partial charge in [-0.2, -0.15) is 0 Å². The summed E-state index contributed by atoms with van der Waals surface area (Å²) in [5.41, 5.74) is 1.92. The average Bonchev–Trinajstić information content (AvgIpc) is 2.73. The van der Waals surface area contributed by atoms with E-state index in [0.29, 0.717) is 12.2 Å². The Labute approximate surface area is 164 Å². The van der Waals surface area contributed by atoms with Crippen LogP contribution in [0, 0.1) is 0 Å². The lowest BCUT2D eigenvalue weighted by molar-refractivity contribution is -0.131. The van der Waals surface area contributed by atoms with Gasteiger partial charge in [0.2, 0.25) is 11.8 Å². The Balaban J connectivity index is 1.47. The summed E-state index contributed by atoms with van der Waals surface area (Å²) in [6.45, 7) is 5.11. The third-order valence-corrected chi connectivity index (χ3v) is 5.58. The van der Waals surface area contributed by atoms with E-state index in [1.54, 1.807) is 0 Å². The lowest BCUT2D eigenvalue weighted by Crippen LogP contribution is -2.48. The number of nitrogens with zero attached hydrogens (tertiary/aromatic N) is 2. The van der Waals surface area contributed by atoms with Crippen LogP contribution < -0.4 is 10.2 Å². The fourth-order valence-corrected chi connectivity index (χ4v) is 3.78. The Morgan fingerprint density at radius 2 is 1.63 bits per heavy atom. The molecule has 1 N–H and O–H groups in total. The Morgan fingerprint density at radius 1 is 0.963 bits per heavy atom. The molecule has 0 radical (unpaired) electrons. The number of rotatable bonds is 6. The van der Waals surface area contributed by atoms with Crippen LogP contribution in [0.1, 0.15) is 13.3 Å². The Morgan fingerprint density at radius 3 is 2.26 bits per heavy atom. The molecule has 5 nitrogen and oxygen atoms in total. The summed E-state index contributed by atoms with van der Waals surface area (Å²) in [4.78, 5) is 29.2. The van der Waals surface area contributed by atoms with Gasteiger partial charge in [-0.05, 0) is 36.4 Å². The molecule has 142 valence electrons. The number of amides is 2. The molecule has 1 aliphatic heterocycles. The summed E-state index contributed by atoms with van der Waals surface area (Å²) >= 11 is 1.53. The molecule has 0 aromatic heterocycles. The minimum atomic E-state index is -0.0108. The zero-order valence-corrected chi connectivity index (χ0v) is 16.4. The smallest absolute Gasteiger partial charge is 0.234 e. The fourth-order valence-electron chi connectivity index (χ4n) is 3.06. The van der Waals surface area contributed by atoms with Gasteiger partial charge in [0.25, 0.3) is 0 Å². The van der Waals surface area contributed by atoms with Gasteiger partial charge in [-0.1, -0.05) is 25.1 Å². The maximum Gasteiger partial charge on any atom is 0.234 e. The second-order valence-electron chi connectivity index (χ2n) is 6.42. The summed E-state index contributed by atoms with van der Waals surface area (Å²) in [5, 5.41) is 2.94. The van der Waals surface area contributed by atoms with Crippen molar-refractivity contribution in [3.05, 3.63) is 54.6 Å². The van der Waals surface area contributed by atoms with Crippen molar-refractivity contribution < 1.29 is 9.59 Å². The normalized spacial score (nSPS) is 14.1. The molecule has 1 fully saturated rings. The third-order valence-electron chi connectivity index (χ3n) is 4.56. The first-order valence-corrected chi connectivity index (χ1v) is 10.2. The number of carbonyl (C=O) groups excluding carboxylic acids is 2. The number of anilines is 2. The molecule has 6 heteroatoms. The molecule has 0 bridgehead atoms. The van der Waals surface area contributed by atoms with E-state index in [-0.39, 0.29) is 11.8 Å². The van der Waals surface area contributed by atoms with E-state index < -0.39 is 0 Å². The number of piperazine rings is 1. The lowest BCUT2D eigenvalue weighted by atomic mass is 10.2. The highest BCUT2D eigenvalue weighted by Crippen LogP contribution is 2.21. The molecule has 0 unspecified atom stereocenters. The second-order valence-corrected chi connectivity index (χ2v) is 7.47. The molecule has 2 aromatic carbocycles. The molecule has 0 saturated carbocycles. The minimum absolute atomic E-state index is 0.0108. The molecule has 27 heavy (non-hydrogen) atoms. The summed E-state index contributed by atoms with van der Waals surface area (Å²) in [7, 11) is 0. The Kier molecular flexibility index (Phi) is 6.76. The van der Waals surface area contributed by atoms with Gasteiger partial charge in [0.05, 0.1) is 5.75 Å². The van der Waals surface area contributed by atoms with Crippen molar-refractivity contribution in [3.63, 3.8) is 0 Å². The molecule has 2 amide bonds. The molecular formula is C21H25N3O2S. The maximum absolute atomic E-state index is 12.1.